The second kappa shape index (κ2) is 6.56. The van der Waals surface area contributed by atoms with E-state index in [1.54, 1.807) is 0 Å². The van der Waals surface area contributed by atoms with Crippen LogP contribution in [0.2, 0.25) is 0 Å². The number of hydrogen-bond acceptors (Lipinski definition) is 6. The van der Waals surface area contributed by atoms with E-state index in [1.807, 2.05) is 30.3 Å². The molecule has 0 bridgehead atoms. The topological polar surface area (TPSA) is 127 Å². The third-order valence-corrected chi connectivity index (χ3v) is 4.06. The summed E-state index contributed by atoms with van der Waals surface area (Å²) in [5.74, 6) is -0.344. The first-order chi connectivity index (χ1) is 12.0. The minimum absolute atomic E-state index is 0.0131. The highest BCUT2D eigenvalue weighted by Crippen LogP contribution is 2.47. The summed E-state index contributed by atoms with van der Waals surface area (Å²) in [6.45, 7) is 0. The Hall–Kier alpha value is -3.49. The normalized spacial score (nSPS) is 18.2. The molecule has 0 radical (unpaired) electrons. The maximum Gasteiger partial charge on any atom is 0.300 e. The fourth-order valence-corrected chi connectivity index (χ4v) is 2.67. The van der Waals surface area contributed by atoms with Crippen LogP contribution in [0.4, 0.5) is 17.1 Å². The molecule has 1 aliphatic carbocycles. The molecule has 0 aromatic heterocycles. The number of benzene rings is 2. The van der Waals surface area contributed by atoms with E-state index in [1.165, 1.54) is 6.07 Å². The number of nitro groups is 2. The first kappa shape index (κ1) is 16.4. The van der Waals surface area contributed by atoms with Crippen LogP contribution in [0.15, 0.2) is 48.5 Å². The summed E-state index contributed by atoms with van der Waals surface area (Å²) in [6.07, 6.45) is 0.708. The molecular weight excluding hydrogens is 328 g/mol. The molecule has 0 saturated heterocycles. The maximum absolute atomic E-state index is 12.2. The van der Waals surface area contributed by atoms with E-state index >= 15 is 0 Å². The summed E-state index contributed by atoms with van der Waals surface area (Å²) in [5, 5.41) is 21.8. The third kappa shape index (κ3) is 3.55. The molecule has 0 heterocycles. The molecule has 9 heteroatoms. The van der Waals surface area contributed by atoms with Crippen molar-refractivity contribution in [1.82, 2.24) is 5.43 Å². The average Bonchev–Trinajstić information content (AvgIpc) is 3.41. The number of non-ortho nitro benzene ring substituents is 1. The lowest BCUT2D eigenvalue weighted by atomic mass is 10.1. The Bertz CT molecular complexity index is 840. The number of rotatable bonds is 6. The number of carbonyl (C=O) groups is 1. The van der Waals surface area contributed by atoms with Gasteiger partial charge in [-0.05, 0) is 24.0 Å². The number of nitrogens with one attached hydrogen (secondary N) is 2. The minimum atomic E-state index is -0.745. The quantitative estimate of drug-likeness (QED) is 0.614. The highest BCUT2D eigenvalue weighted by Gasteiger charge is 2.43. The van der Waals surface area contributed by atoms with Crippen molar-refractivity contribution in [2.75, 3.05) is 5.43 Å². The summed E-state index contributed by atoms with van der Waals surface area (Å²) in [6, 6.07) is 12.8. The van der Waals surface area contributed by atoms with E-state index in [9.17, 15) is 25.0 Å². The highest BCUT2D eigenvalue weighted by molar-refractivity contribution is 5.84. The van der Waals surface area contributed by atoms with E-state index in [0.29, 0.717) is 6.42 Å². The lowest BCUT2D eigenvalue weighted by Gasteiger charge is -2.09. The summed E-state index contributed by atoms with van der Waals surface area (Å²) < 4.78 is 0. The van der Waals surface area contributed by atoms with Crippen LogP contribution in [0.3, 0.4) is 0 Å². The highest BCUT2D eigenvalue weighted by atomic mass is 16.6. The van der Waals surface area contributed by atoms with Gasteiger partial charge in [0.1, 0.15) is 5.69 Å². The molecule has 1 saturated carbocycles. The molecule has 2 atom stereocenters. The summed E-state index contributed by atoms with van der Waals surface area (Å²) in [7, 11) is 0. The first-order valence-corrected chi connectivity index (χ1v) is 7.51. The van der Waals surface area contributed by atoms with Crippen molar-refractivity contribution in [3.05, 3.63) is 74.3 Å². The molecule has 128 valence electrons. The zero-order valence-electron chi connectivity index (χ0n) is 12.9. The Morgan fingerprint density at radius 3 is 2.40 bits per heavy atom. The van der Waals surface area contributed by atoms with Crippen LogP contribution in [-0.2, 0) is 4.79 Å². The zero-order chi connectivity index (χ0) is 18.0. The van der Waals surface area contributed by atoms with Crippen molar-refractivity contribution in [2.45, 2.75) is 12.3 Å². The van der Waals surface area contributed by atoms with E-state index in [-0.39, 0.29) is 23.4 Å². The van der Waals surface area contributed by atoms with Crippen molar-refractivity contribution in [1.29, 1.82) is 0 Å². The average molecular weight is 342 g/mol. The monoisotopic (exact) mass is 342 g/mol. The van der Waals surface area contributed by atoms with Crippen molar-refractivity contribution >= 4 is 23.0 Å². The van der Waals surface area contributed by atoms with Gasteiger partial charge in [0.15, 0.2) is 0 Å². The number of anilines is 1. The number of amides is 1. The fourth-order valence-electron chi connectivity index (χ4n) is 2.67. The van der Waals surface area contributed by atoms with Crippen LogP contribution >= 0.6 is 0 Å². The van der Waals surface area contributed by atoms with Crippen LogP contribution in [0, 0.1) is 26.1 Å². The molecule has 25 heavy (non-hydrogen) atoms. The van der Waals surface area contributed by atoms with Crippen LogP contribution in [0.5, 0.6) is 0 Å². The van der Waals surface area contributed by atoms with Gasteiger partial charge in [0.2, 0.25) is 5.91 Å². The number of nitrogens with zero attached hydrogens (tertiary/aromatic N) is 2. The van der Waals surface area contributed by atoms with Crippen molar-refractivity contribution in [2.24, 2.45) is 5.92 Å². The third-order valence-electron chi connectivity index (χ3n) is 4.06. The number of nitro benzene ring substituents is 2. The van der Waals surface area contributed by atoms with Gasteiger partial charge in [-0.3, -0.25) is 35.9 Å². The minimum Gasteiger partial charge on any atom is -0.292 e. The zero-order valence-corrected chi connectivity index (χ0v) is 12.9. The number of carbonyl (C=O) groups excluding carboxylic acids is 1. The Labute approximate surface area is 141 Å². The molecule has 1 amide bonds. The Morgan fingerprint density at radius 2 is 1.76 bits per heavy atom. The smallest absolute Gasteiger partial charge is 0.292 e. The first-order valence-electron chi connectivity index (χ1n) is 7.51. The molecule has 9 nitrogen and oxygen atoms in total. The SMILES string of the molecule is O=C(NNc1ccc([N+](=O)[O-])cc1[N+](=O)[O-])C1CC1c1ccccc1. The van der Waals surface area contributed by atoms with Crippen molar-refractivity contribution in [3.8, 4) is 0 Å². The van der Waals surface area contributed by atoms with E-state index < -0.39 is 21.2 Å². The fraction of sp³-hybridized carbons (Fsp3) is 0.188. The van der Waals surface area contributed by atoms with Gasteiger partial charge in [-0.15, -0.1) is 0 Å². The van der Waals surface area contributed by atoms with Gasteiger partial charge in [0.05, 0.1) is 15.9 Å². The molecule has 0 aliphatic heterocycles. The Balaban J connectivity index is 1.65. The predicted octanol–water partition coefficient (Wildman–Crippen LogP) is 2.75. The van der Waals surface area contributed by atoms with Gasteiger partial charge in [0, 0.05) is 12.0 Å². The lowest BCUT2D eigenvalue weighted by molar-refractivity contribution is -0.393. The molecule has 2 N–H and O–H groups in total. The van der Waals surface area contributed by atoms with Gasteiger partial charge in [-0.25, -0.2) is 0 Å². The molecule has 2 unspecified atom stereocenters. The molecule has 1 fully saturated rings. The molecule has 3 rings (SSSR count). The standard InChI is InChI=1S/C16H14N4O5/c21-16(13-9-12(13)10-4-2-1-3-5-10)18-17-14-7-6-11(19(22)23)8-15(14)20(24)25/h1-8,12-13,17H,9H2,(H,18,21). The van der Waals surface area contributed by atoms with Crippen LogP contribution in [-0.4, -0.2) is 15.8 Å². The maximum atomic E-state index is 12.2. The van der Waals surface area contributed by atoms with Gasteiger partial charge in [0.25, 0.3) is 5.69 Å². The Kier molecular flexibility index (Phi) is 4.29. The summed E-state index contributed by atoms with van der Waals surface area (Å²) in [5.41, 5.74) is 5.12. The van der Waals surface area contributed by atoms with E-state index in [2.05, 4.69) is 10.9 Å². The van der Waals surface area contributed by atoms with Gasteiger partial charge >= 0.3 is 5.69 Å². The lowest BCUT2D eigenvalue weighted by Crippen LogP contribution is -2.31. The number of hydrogen-bond donors (Lipinski definition) is 2. The second-order valence-corrected chi connectivity index (χ2v) is 5.69. The van der Waals surface area contributed by atoms with Crippen LogP contribution < -0.4 is 10.9 Å². The molecule has 0 spiro atoms. The van der Waals surface area contributed by atoms with Crippen molar-refractivity contribution in [3.63, 3.8) is 0 Å². The second-order valence-electron chi connectivity index (χ2n) is 5.69. The number of hydrazine groups is 1. The van der Waals surface area contributed by atoms with E-state index in [0.717, 1.165) is 17.7 Å². The van der Waals surface area contributed by atoms with Crippen molar-refractivity contribution < 1.29 is 14.6 Å². The molecule has 1 aliphatic rings. The molecule has 2 aromatic carbocycles. The Morgan fingerprint density at radius 1 is 1.04 bits per heavy atom. The van der Waals surface area contributed by atoms with Crippen LogP contribution in [0.25, 0.3) is 0 Å². The van der Waals surface area contributed by atoms with E-state index in [4.69, 9.17) is 0 Å². The molecule has 2 aromatic rings. The summed E-state index contributed by atoms with van der Waals surface area (Å²) >= 11 is 0. The van der Waals surface area contributed by atoms with Gasteiger partial charge < -0.3 is 0 Å². The van der Waals surface area contributed by atoms with Gasteiger partial charge in [-0.1, -0.05) is 30.3 Å². The largest absolute Gasteiger partial charge is 0.300 e. The summed E-state index contributed by atoms with van der Waals surface area (Å²) in [4.78, 5) is 32.5. The van der Waals surface area contributed by atoms with Crippen LogP contribution in [0.1, 0.15) is 17.9 Å². The predicted molar refractivity (Wildman–Crippen MR) is 88.8 cm³/mol. The molecular formula is C16H14N4O5. The van der Waals surface area contributed by atoms with Gasteiger partial charge in [-0.2, -0.15) is 0 Å².